The number of halogens is 6. The molecule has 16 heteroatoms. The third kappa shape index (κ3) is 6.23. The molecule has 0 radical (unpaired) electrons. The van der Waals surface area contributed by atoms with E-state index in [4.69, 9.17) is 4.74 Å². The molecule has 5 rings (SSSR count). The Morgan fingerprint density at radius 2 is 1.49 bits per heavy atom. The van der Waals surface area contributed by atoms with Crippen LogP contribution < -0.4 is 5.56 Å². The molecule has 0 amide bonds. The number of alkyl halides is 6. The SMILES string of the molecule is Cc1ccc(Cc2cc(=O)n3c(C(F)(F)F)n[nH]c3c2C)cc1Cc1cc(C(=O)OC(=O)C(C)(C)C)c(C)c2nnc(C(F)(F)F)n12. The van der Waals surface area contributed by atoms with Crippen LogP contribution in [0.3, 0.4) is 0 Å². The monoisotopic (exact) mass is 662 g/mol. The number of H-pyrrole nitrogens is 1. The molecule has 248 valence electrons. The molecule has 0 saturated carbocycles. The van der Waals surface area contributed by atoms with Crippen molar-refractivity contribution in [2.45, 2.75) is 66.7 Å². The highest BCUT2D eigenvalue weighted by molar-refractivity contribution is 6.00. The molecule has 0 fully saturated rings. The van der Waals surface area contributed by atoms with Gasteiger partial charge in [0.2, 0.25) is 11.6 Å². The Bertz CT molecular complexity index is 2130. The number of nitrogens with zero attached hydrogens (tertiary/aromatic N) is 5. The molecule has 10 nitrogen and oxygen atoms in total. The number of pyridine rings is 2. The summed E-state index contributed by atoms with van der Waals surface area (Å²) in [5, 5.41) is 12.6. The topological polar surface area (TPSA) is 124 Å². The van der Waals surface area contributed by atoms with Gasteiger partial charge in [0.25, 0.3) is 5.56 Å². The van der Waals surface area contributed by atoms with Crippen LogP contribution in [0, 0.1) is 26.2 Å². The molecule has 0 bridgehead atoms. The van der Waals surface area contributed by atoms with Gasteiger partial charge in [-0.3, -0.25) is 19.1 Å². The molecule has 0 spiro atoms. The van der Waals surface area contributed by atoms with Crippen molar-refractivity contribution < 1.29 is 40.7 Å². The van der Waals surface area contributed by atoms with E-state index in [0.29, 0.717) is 32.2 Å². The van der Waals surface area contributed by atoms with Crippen LogP contribution in [0.5, 0.6) is 0 Å². The van der Waals surface area contributed by atoms with Crippen LogP contribution in [0.25, 0.3) is 11.3 Å². The zero-order valence-electron chi connectivity index (χ0n) is 25.9. The number of carbonyl (C=O) groups is 2. The van der Waals surface area contributed by atoms with E-state index in [-0.39, 0.29) is 41.0 Å². The molecular weight excluding hydrogens is 634 g/mol. The van der Waals surface area contributed by atoms with Crippen LogP contribution in [0.1, 0.15) is 81.9 Å². The maximum Gasteiger partial charge on any atom is 0.452 e. The van der Waals surface area contributed by atoms with Crippen LogP contribution in [-0.4, -0.2) is 41.1 Å². The molecule has 1 N–H and O–H groups in total. The third-order valence-corrected chi connectivity index (χ3v) is 7.76. The predicted molar refractivity (Wildman–Crippen MR) is 155 cm³/mol. The van der Waals surface area contributed by atoms with Crippen molar-refractivity contribution in [3.8, 4) is 0 Å². The minimum atomic E-state index is -4.90. The molecule has 4 aromatic heterocycles. The Morgan fingerprint density at radius 3 is 2.11 bits per heavy atom. The van der Waals surface area contributed by atoms with Crippen molar-refractivity contribution in [3.63, 3.8) is 0 Å². The first-order valence-corrected chi connectivity index (χ1v) is 14.1. The van der Waals surface area contributed by atoms with Gasteiger partial charge < -0.3 is 4.74 Å². The van der Waals surface area contributed by atoms with Crippen LogP contribution >= 0.6 is 0 Å². The molecule has 0 aliphatic rings. The second kappa shape index (κ2) is 11.3. The van der Waals surface area contributed by atoms with Gasteiger partial charge in [0.15, 0.2) is 5.65 Å². The van der Waals surface area contributed by atoms with Crippen molar-refractivity contribution >= 4 is 23.2 Å². The second-order valence-corrected chi connectivity index (χ2v) is 12.3. The molecule has 0 atom stereocenters. The second-order valence-electron chi connectivity index (χ2n) is 12.3. The van der Waals surface area contributed by atoms with Crippen molar-refractivity contribution in [2.24, 2.45) is 5.41 Å². The number of ether oxygens (including phenoxy) is 1. The van der Waals surface area contributed by atoms with Gasteiger partial charge in [0.05, 0.1) is 11.0 Å². The summed E-state index contributed by atoms with van der Waals surface area (Å²) in [6.07, 6.45) is -9.81. The highest BCUT2D eigenvalue weighted by Crippen LogP contribution is 2.33. The van der Waals surface area contributed by atoms with Crippen LogP contribution in [0.2, 0.25) is 0 Å². The highest BCUT2D eigenvalue weighted by atomic mass is 19.4. The van der Waals surface area contributed by atoms with Gasteiger partial charge in [-0.15, -0.1) is 15.3 Å². The van der Waals surface area contributed by atoms with Crippen molar-refractivity contribution in [2.75, 3.05) is 0 Å². The number of aromatic nitrogens is 6. The maximum atomic E-state index is 14.0. The number of carbonyl (C=O) groups excluding carboxylic acids is 2. The largest absolute Gasteiger partial charge is 0.452 e. The predicted octanol–water partition coefficient (Wildman–Crippen LogP) is 5.94. The summed E-state index contributed by atoms with van der Waals surface area (Å²) in [6.45, 7) is 9.26. The normalized spacial score (nSPS) is 12.7. The lowest BCUT2D eigenvalue weighted by Gasteiger charge is -2.18. The Labute approximate surface area is 262 Å². The smallest absolute Gasteiger partial charge is 0.389 e. The molecule has 0 saturated heterocycles. The number of rotatable bonds is 5. The summed E-state index contributed by atoms with van der Waals surface area (Å²) in [5.74, 6) is -4.58. The van der Waals surface area contributed by atoms with E-state index in [9.17, 15) is 40.7 Å². The molecule has 0 unspecified atom stereocenters. The van der Waals surface area contributed by atoms with E-state index in [2.05, 4.69) is 20.4 Å². The molecule has 0 aliphatic carbocycles. The Balaban J connectivity index is 1.58. The standard InChI is InChI=1S/C31H28F6N6O4/c1-14-7-8-17(10-19-12-22(44)43-23(15(19)2)38-41-27(43)31(35,36)37)9-18(14)11-20-13-21(25(45)47-28(46)29(4,5)6)16(3)24-39-40-26(42(20)24)30(32,33)34/h7-9,12-13,38H,10-11H2,1-6H3. The number of esters is 2. The minimum absolute atomic E-state index is 0.0219. The number of hydrogen-bond donors (Lipinski definition) is 1. The quantitative estimate of drug-likeness (QED) is 0.140. The first-order chi connectivity index (χ1) is 21.7. The van der Waals surface area contributed by atoms with Gasteiger partial charge >= 0.3 is 24.3 Å². The molecular formula is C31H28F6N6O4. The fourth-order valence-electron chi connectivity index (χ4n) is 5.14. The third-order valence-electron chi connectivity index (χ3n) is 7.76. The van der Waals surface area contributed by atoms with Crippen LogP contribution in [-0.2, 0) is 34.7 Å². The van der Waals surface area contributed by atoms with Gasteiger partial charge in [-0.1, -0.05) is 18.2 Å². The summed E-state index contributed by atoms with van der Waals surface area (Å²) in [4.78, 5) is 38.2. The number of nitrogens with one attached hydrogen (secondary N) is 1. The van der Waals surface area contributed by atoms with E-state index in [1.165, 1.54) is 19.9 Å². The Kier molecular flexibility index (Phi) is 8.05. The number of hydrogen-bond acceptors (Lipinski definition) is 7. The van der Waals surface area contributed by atoms with E-state index >= 15 is 0 Å². The van der Waals surface area contributed by atoms with Gasteiger partial charge in [-0.05, 0) is 81.8 Å². The lowest BCUT2D eigenvalue weighted by atomic mass is 9.95. The first kappa shape index (κ1) is 33.3. The summed E-state index contributed by atoms with van der Waals surface area (Å²) >= 11 is 0. The van der Waals surface area contributed by atoms with Crippen LogP contribution in [0.15, 0.2) is 35.1 Å². The van der Waals surface area contributed by atoms with Gasteiger partial charge in [-0.2, -0.15) is 26.3 Å². The minimum Gasteiger partial charge on any atom is -0.389 e. The zero-order valence-corrected chi connectivity index (χ0v) is 25.9. The molecule has 0 aliphatic heterocycles. The van der Waals surface area contributed by atoms with Gasteiger partial charge in [0, 0.05) is 23.7 Å². The fraction of sp³-hybridized carbons (Fsp3) is 0.355. The van der Waals surface area contributed by atoms with Crippen molar-refractivity contribution in [1.82, 2.24) is 29.2 Å². The number of aryl methyl sites for hydroxylation is 3. The summed E-state index contributed by atoms with van der Waals surface area (Å²) in [5.41, 5.74) is 0.0773. The average molecular weight is 663 g/mol. The molecule has 5 aromatic rings. The average Bonchev–Trinajstić information content (AvgIpc) is 3.61. The van der Waals surface area contributed by atoms with E-state index in [0.717, 1.165) is 10.5 Å². The lowest BCUT2D eigenvalue weighted by Crippen LogP contribution is -2.26. The Hall–Kier alpha value is -5.02. The number of aromatic amines is 1. The number of benzene rings is 1. The van der Waals surface area contributed by atoms with Gasteiger partial charge in [-0.25, -0.2) is 9.20 Å². The molecule has 47 heavy (non-hydrogen) atoms. The van der Waals surface area contributed by atoms with E-state index in [1.54, 1.807) is 45.9 Å². The molecule has 4 heterocycles. The van der Waals surface area contributed by atoms with Crippen molar-refractivity contribution in [3.05, 3.63) is 97.0 Å². The first-order valence-electron chi connectivity index (χ1n) is 14.1. The van der Waals surface area contributed by atoms with E-state index in [1.807, 2.05) is 0 Å². The Morgan fingerprint density at radius 1 is 0.830 bits per heavy atom. The fourth-order valence-corrected chi connectivity index (χ4v) is 5.14. The van der Waals surface area contributed by atoms with Crippen molar-refractivity contribution in [1.29, 1.82) is 0 Å². The van der Waals surface area contributed by atoms with E-state index < -0.39 is 46.9 Å². The van der Waals surface area contributed by atoms with Crippen LogP contribution in [0.4, 0.5) is 26.3 Å². The van der Waals surface area contributed by atoms with Gasteiger partial charge in [0.1, 0.15) is 5.65 Å². The lowest BCUT2D eigenvalue weighted by molar-refractivity contribution is -0.147. The number of fused-ring (bicyclic) bond motifs is 2. The zero-order chi connectivity index (χ0) is 34.8. The summed E-state index contributed by atoms with van der Waals surface area (Å²) in [7, 11) is 0. The summed E-state index contributed by atoms with van der Waals surface area (Å²) in [6, 6.07) is 7.41. The summed E-state index contributed by atoms with van der Waals surface area (Å²) < 4.78 is 88.6. The maximum absolute atomic E-state index is 14.0. The highest BCUT2D eigenvalue weighted by Gasteiger charge is 2.39. The molecule has 1 aromatic carbocycles.